The van der Waals surface area contributed by atoms with Gasteiger partial charge in [0.1, 0.15) is 0 Å². The van der Waals surface area contributed by atoms with Crippen LogP contribution in [0.15, 0.2) is 0 Å². The number of hydrogen-bond acceptors (Lipinski definition) is 2. The summed E-state index contributed by atoms with van der Waals surface area (Å²) >= 11 is 0. The second-order valence-corrected chi connectivity index (χ2v) is 5.86. The summed E-state index contributed by atoms with van der Waals surface area (Å²) in [5.74, 6) is 0. The van der Waals surface area contributed by atoms with E-state index in [0.29, 0.717) is 11.5 Å². The molecule has 1 fully saturated rings. The van der Waals surface area contributed by atoms with Crippen LogP contribution in [0.3, 0.4) is 0 Å². The molecule has 2 unspecified atom stereocenters. The van der Waals surface area contributed by atoms with Crippen molar-refractivity contribution in [1.82, 2.24) is 10.2 Å². The van der Waals surface area contributed by atoms with Gasteiger partial charge in [0, 0.05) is 25.2 Å². The summed E-state index contributed by atoms with van der Waals surface area (Å²) in [6.45, 7) is 15.1. The van der Waals surface area contributed by atoms with E-state index >= 15 is 0 Å². The van der Waals surface area contributed by atoms with Crippen LogP contribution in [0.25, 0.3) is 0 Å². The smallest absolute Gasteiger partial charge is 0.0244 e. The van der Waals surface area contributed by atoms with Crippen molar-refractivity contribution in [3.05, 3.63) is 0 Å². The summed E-state index contributed by atoms with van der Waals surface area (Å²) in [4.78, 5) is 2.65. The van der Waals surface area contributed by atoms with Crippen molar-refractivity contribution in [3.8, 4) is 0 Å². The van der Waals surface area contributed by atoms with Crippen LogP contribution in [0.2, 0.25) is 0 Å². The minimum Gasteiger partial charge on any atom is -0.311 e. The van der Waals surface area contributed by atoms with E-state index in [1.807, 2.05) is 0 Å². The first-order chi connectivity index (χ1) is 6.99. The maximum Gasteiger partial charge on any atom is 0.0244 e. The summed E-state index contributed by atoms with van der Waals surface area (Å²) in [6.07, 6.45) is 2.63. The number of piperazine rings is 1. The molecular formula is C13H28N2. The quantitative estimate of drug-likeness (QED) is 0.773. The third-order valence-corrected chi connectivity index (χ3v) is 3.61. The predicted molar refractivity (Wildman–Crippen MR) is 67.2 cm³/mol. The van der Waals surface area contributed by atoms with Gasteiger partial charge in [-0.15, -0.1) is 0 Å². The number of rotatable bonds is 3. The molecule has 2 atom stereocenters. The number of nitrogens with one attached hydrogen (secondary N) is 1. The molecule has 0 radical (unpaired) electrons. The number of hydrogen-bond donors (Lipinski definition) is 1. The molecule has 0 aliphatic carbocycles. The van der Waals surface area contributed by atoms with Crippen molar-refractivity contribution in [2.45, 2.75) is 59.5 Å². The fourth-order valence-corrected chi connectivity index (χ4v) is 2.44. The highest BCUT2D eigenvalue weighted by Crippen LogP contribution is 2.24. The average molecular weight is 212 g/mol. The SMILES string of the molecule is CCCC1CNC(C(C)(C)C)CN1CC. The van der Waals surface area contributed by atoms with Gasteiger partial charge in [-0.3, -0.25) is 4.90 Å². The zero-order valence-electron chi connectivity index (χ0n) is 11.1. The summed E-state index contributed by atoms with van der Waals surface area (Å²) in [6, 6.07) is 1.41. The molecule has 1 aliphatic rings. The molecule has 0 saturated carbocycles. The molecule has 0 aromatic rings. The van der Waals surface area contributed by atoms with E-state index in [1.54, 1.807) is 0 Å². The Morgan fingerprint density at radius 2 is 1.93 bits per heavy atom. The normalized spacial score (nSPS) is 29.4. The Bertz CT molecular complexity index is 183. The molecule has 1 rings (SSSR count). The fraction of sp³-hybridized carbons (Fsp3) is 1.00. The maximum absolute atomic E-state index is 3.72. The Labute approximate surface area is 95.4 Å². The van der Waals surface area contributed by atoms with Crippen molar-refractivity contribution in [2.75, 3.05) is 19.6 Å². The van der Waals surface area contributed by atoms with Gasteiger partial charge in [0.25, 0.3) is 0 Å². The molecule has 1 saturated heterocycles. The Hall–Kier alpha value is -0.0800. The van der Waals surface area contributed by atoms with Gasteiger partial charge in [-0.05, 0) is 18.4 Å². The first-order valence-electron chi connectivity index (χ1n) is 6.46. The molecule has 1 N–H and O–H groups in total. The van der Waals surface area contributed by atoms with Gasteiger partial charge in [-0.1, -0.05) is 41.0 Å². The van der Waals surface area contributed by atoms with Crippen LogP contribution in [0.4, 0.5) is 0 Å². The third kappa shape index (κ3) is 3.46. The van der Waals surface area contributed by atoms with Crippen molar-refractivity contribution in [2.24, 2.45) is 5.41 Å². The molecule has 2 nitrogen and oxygen atoms in total. The molecule has 1 heterocycles. The van der Waals surface area contributed by atoms with Gasteiger partial charge in [0.2, 0.25) is 0 Å². The van der Waals surface area contributed by atoms with Crippen LogP contribution in [-0.4, -0.2) is 36.6 Å². The second-order valence-electron chi connectivity index (χ2n) is 5.86. The lowest BCUT2D eigenvalue weighted by atomic mass is 9.84. The molecule has 15 heavy (non-hydrogen) atoms. The lowest BCUT2D eigenvalue weighted by Crippen LogP contribution is -2.60. The molecule has 0 bridgehead atoms. The lowest BCUT2D eigenvalue weighted by molar-refractivity contribution is 0.0857. The Morgan fingerprint density at radius 3 is 2.40 bits per heavy atom. The first-order valence-corrected chi connectivity index (χ1v) is 6.46. The first kappa shape index (κ1) is 13.0. The Balaban J connectivity index is 2.55. The van der Waals surface area contributed by atoms with Crippen LogP contribution in [0, 0.1) is 5.41 Å². The van der Waals surface area contributed by atoms with Crippen LogP contribution in [0.1, 0.15) is 47.5 Å². The van der Waals surface area contributed by atoms with Gasteiger partial charge < -0.3 is 5.32 Å². The summed E-state index contributed by atoms with van der Waals surface area (Å²) < 4.78 is 0. The maximum atomic E-state index is 3.72. The van der Waals surface area contributed by atoms with Gasteiger partial charge in [0.15, 0.2) is 0 Å². The molecular weight excluding hydrogens is 184 g/mol. The lowest BCUT2D eigenvalue weighted by Gasteiger charge is -2.44. The van der Waals surface area contributed by atoms with Gasteiger partial charge in [-0.25, -0.2) is 0 Å². The van der Waals surface area contributed by atoms with E-state index in [2.05, 4.69) is 44.8 Å². The van der Waals surface area contributed by atoms with Crippen molar-refractivity contribution < 1.29 is 0 Å². The summed E-state index contributed by atoms with van der Waals surface area (Å²) in [5.41, 5.74) is 0.380. The molecule has 1 aliphatic heterocycles. The van der Waals surface area contributed by atoms with Gasteiger partial charge in [0.05, 0.1) is 0 Å². The monoisotopic (exact) mass is 212 g/mol. The molecule has 0 amide bonds. The molecule has 0 aromatic heterocycles. The Kier molecular flexibility index (Phi) is 4.60. The molecule has 0 spiro atoms. The van der Waals surface area contributed by atoms with Crippen LogP contribution < -0.4 is 5.32 Å². The van der Waals surface area contributed by atoms with Gasteiger partial charge >= 0.3 is 0 Å². The van der Waals surface area contributed by atoms with Crippen molar-refractivity contribution in [3.63, 3.8) is 0 Å². The summed E-state index contributed by atoms with van der Waals surface area (Å²) in [7, 11) is 0. The molecule has 2 heteroatoms. The van der Waals surface area contributed by atoms with E-state index < -0.39 is 0 Å². The highest BCUT2D eigenvalue weighted by Gasteiger charge is 2.32. The zero-order chi connectivity index (χ0) is 11.5. The number of likely N-dealkylation sites (N-methyl/N-ethyl adjacent to an activating group) is 1. The average Bonchev–Trinajstić information content (AvgIpc) is 2.17. The highest BCUT2D eigenvalue weighted by atomic mass is 15.2. The Morgan fingerprint density at radius 1 is 1.27 bits per heavy atom. The predicted octanol–water partition coefficient (Wildman–Crippen LogP) is 2.49. The molecule has 90 valence electrons. The van der Waals surface area contributed by atoms with E-state index in [1.165, 1.54) is 32.5 Å². The van der Waals surface area contributed by atoms with E-state index in [-0.39, 0.29) is 0 Å². The number of nitrogens with zero attached hydrogens (tertiary/aromatic N) is 1. The standard InChI is InChI=1S/C13H28N2/c1-6-8-11-9-14-12(13(3,4)5)10-15(11)7-2/h11-12,14H,6-10H2,1-5H3. The van der Waals surface area contributed by atoms with E-state index in [0.717, 1.165) is 6.04 Å². The largest absolute Gasteiger partial charge is 0.311 e. The fourth-order valence-electron chi connectivity index (χ4n) is 2.44. The topological polar surface area (TPSA) is 15.3 Å². The highest BCUT2D eigenvalue weighted by molar-refractivity contribution is 4.91. The van der Waals surface area contributed by atoms with Crippen molar-refractivity contribution in [1.29, 1.82) is 0 Å². The zero-order valence-corrected chi connectivity index (χ0v) is 11.1. The van der Waals surface area contributed by atoms with Crippen LogP contribution >= 0.6 is 0 Å². The molecule has 0 aromatic carbocycles. The van der Waals surface area contributed by atoms with E-state index in [4.69, 9.17) is 0 Å². The van der Waals surface area contributed by atoms with E-state index in [9.17, 15) is 0 Å². The van der Waals surface area contributed by atoms with Gasteiger partial charge in [-0.2, -0.15) is 0 Å². The second kappa shape index (κ2) is 5.31. The summed E-state index contributed by atoms with van der Waals surface area (Å²) in [5, 5.41) is 3.72. The third-order valence-electron chi connectivity index (χ3n) is 3.61. The van der Waals surface area contributed by atoms with Crippen LogP contribution in [-0.2, 0) is 0 Å². The van der Waals surface area contributed by atoms with Crippen molar-refractivity contribution >= 4 is 0 Å². The van der Waals surface area contributed by atoms with Crippen LogP contribution in [0.5, 0.6) is 0 Å². The minimum absolute atomic E-state index is 0.380. The minimum atomic E-state index is 0.380.